The van der Waals surface area contributed by atoms with Crippen molar-refractivity contribution in [3.8, 4) is 0 Å². The molecule has 17 heteroatoms. The first-order valence-electron chi connectivity index (χ1n) is 16.7. The van der Waals surface area contributed by atoms with Gasteiger partial charge in [-0.15, -0.1) is 0 Å². The van der Waals surface area contributed by atoms with Gasteiger partial charge in [0.2, 0.25) is 10.4 Å². The normalized spacial score (nSPS) is 9.58. The Labute approximate surface area is 339 Å². The van der Waals surface area contributed by atoms with Gasteiger partial charge in [-0.1, -0.05) is 97.8 Å². The number of carboxylic acid groups (broad SMARTS) is 1. The van der Waals surface area contributed by atoms with E-state index in [2.05, 4.69) is 21.7 Å². The van der Waals surface area contributed by atoms with Crippen LogP contribution in [0, 0.1) is 12.8 Å². The SMILES string of the molecule is C.CC(C)(C)C(=O)O.CCCCCCCCCCCCOS(=O)(=O)[O-].[CH3-].[NH-]CCCCCC[NH2+]CC[NH2+]CCCCCC[NH-].[NH2-].[NH2-].[NH2-].[NH2-].[Pt+4].[Pt]. The van der Waals surface area contributed by atoms with Gasteiger partial charge in [0, 0.05) is 21.1 Å². The molecule has 0 spiro atoms. The summed E-state index contributed by atoms with van der Waals surface area (Å²) in [7, 11) is -4.48. The van der Waals surface area contributed by atoms with E-state index in [9.17, 15) is 17.8 Å². The van der Waals surface area contributed by atoms with Crippen LogP contribution >= 0.6 is 0 Å². The molecule has 0 unspecified atom stereocenters. The summed E-state index contributed by atoms with van der Waals surface area (Å²) in [5.41, 5.74) is 13.5. The molecule has 0 saturated carbocycles. The first kappa shape index (κ1) is 79.2. The third-order valence-corrected chi connectivity index (χ3v) is 7.07. The van der Waals surface area contributed by atoms with Gasteiger partial charge in [-0.3, -0.25) is 8.98 Å². The molecule has 0 aromatic heterocycles. The molecule has 0 fully saturated rings. The zero-order chi connectivity index (χ0) is 32.4. The molecular formula is C33H84N8O6Pt2S-2. The van der Waals surface area contributed by atoms with Crippen molar-refractivity contribution in [3.63, 3.8) is 0 Å². The van der Waals surface area contributed by atoms with Gasteiger partial charge in [0.25, 0.3) is 0 Å². The number of carbonyl (C=O) groups is 1. The van der Waals surface area contributed by atoms with Gasteiger partial charge in [-0.2, -0.15) is 13.1 Å². The Bertz CT molecular complexity index is 655. The maximum Gasteiger partial charge on any atom is 4.00 e. The number of quaternary nitrogens is 2. The van der Waals surface area contributed by atoms with Crippen molar-refractivity contribution in [1.29, 1.82) is 0 Å². The summed E-state index contributed by atoms with van der Waals surface area (Å²) in [6.45, 7) is 13.4. The Balaban J connectivity index is -0.0000000501. The number of hydrogen-bond donors (Lipinski definition) is 3. The smallest absolute Gasteiger partial charge is 0.726 e. The molecule has 50 heavy (non-hydrogen) atoms. The van der Waals surface area contributed by atoms with Crippen molar-refractivity contribution in [2.45, 2.75) is 151 Å². The van der Waals surface area contributed by atoms with Crippen molar-refractivity contribution in [3.05, 3.63) is 43.5 Å². The summed E-state index contributed by atoms with van der Waals surface area (Å²) in [5.74, 6) is -0.757. The van der Waals surface area contributed by atoms with E-state index in [-0.39, 0.29) is 88.2 Å². The van der Waals surface area contributed by atoms with Crippen molar-refractivity contribution in [2.24, 2.45) is 5.41 Å². The summed E-state index contributed by atoms with van der Waals surface area (Å²) < 4.78 is 34.5. The number of unbranched alkanes of at least 4 members (excludes halogenated alkanes) is 15. The fourth-order valence-corrected chi connectivity index (χ4v) is 4.13. The second-order valence-electron chi connectivity index (χ2n) is 12.0. The Morgan fingerprint density at radius 3 is 1.22 bits per heavy atom. The molecule has 0 radical (unpaired) electrons. The van der Waals surface area contributed by atoms with Crippen LogP contribution in [0.4, 0.5) is 0 Å². The molecule has 0 amide bonds. The van der Waals surface area contributed by atoms with Gasteiger partial charge < -0.3 is 63.8 Å². The van der Waals surface area contributed by atoms with E-state index >= 15 is 0 Å². The number of carboxylic acids is 1. The average Bonchev–Trinajstić information content (AvgIpc) is 2.91. The molecule has 0 aliphatic rings. The minimum atomic E-state index is -4.48. The molecule has 0 saturated heterocycles. The van der Waals surface area contributed by atoms with Crippen LogP contribution in [0.2, 0.25) is 0 Å². The molecule has 320 valence electrons. The Morgan fingerprint density at radius 1 is 0.660 bits per heavy atom. The Morgan fingerprint density at radius 2 is 0.940 bits per heavy atom. The number of nitrogens with one attached hydrogen (secondary N) is 2. The first-order valence-corrected chi connectivity index (χ1v) is 18.0. The van der Waals surface area contributed by atoms with Gasteiger partial charge in [0.05, 0.1) is 25.1 Å². The number of rotatable bonds is 27. The predicted molar refractivity (Wildman–Crippen MR) is 207 cm³/mol. The van der Waals surface area contributed by atoms with E-state index in [0.29, 0.717) is 19.5 Å². The van der Waals surface area contributed by atoms with Crippen molar-refractivity contribution in [2.75, 3.05) is 45.9 Å². The van der Waals surface area contributed by atoms with Crippen LogP contribution in [0.5, 0.6) is 0 Å². The van der Waals surface area contributed by atoms with Gasteiger partial charge in [0.1, 0.15) is 13.1 Å². The van der Waals surface area contributed by atoms with Crippen LogP contribution in [0.25, 0.3) is 36.1 Å². The fraction of sp³-hybridized carbons (Fsp3) is 0.939. The molecular weight excluding hydrogens is 1030 g/mol. The van der Waals surface area contributed by atoms with Crippen LogP contribution in [-0.2, 0) is 61.5 Å². The molecule has 0 heterocycles. The Hall–Kier alpha value is 0.397. The third-order valence-electron chi connectivity index (χ3n) is 6.61. The summed E-state index contributed by atoms with van der Waals surface area (Å²) in [6, 6.07) is 0. The molecule has 0 aromatic rings. The minimum Gasteiger partial charge on any atom is -0.726 e. The van der Waals surface area contributed by atoms with E-state index in [4.69, 9.17) is 16.6 Å². The predicted octanol–water partition coefficient (Wildman–Crippen LogP) is 9.79. The van der Waals surface area contributed by atoms with E-state index in [1.807, 2.05) is 0 Å². The van der Waals surface area contributed by atoms with Gasteiger partial charge in [0.15, 0.2) is 0 Å². The second kappa shape index (κ2) is 61.4. The molecule has 0 atom stereocenters. The molecule has 14 nitrogen and oxygen atoms in total. The van der Waals surface area contributed by atoms with Crippen LogP contribution < -0.4 is 10.6 Å². The topological polar surface area (TPSA) is 319 Å². The van der Waals surface area contributed by atoms with Crippen molar-refractivity contribution >= 4 is 16.4 Å². The Kier molecular flexibility index (Phi) is 97.3. The molecule has 0 aromatic carbocycles. The average molecular weight is 1110 g/mol. The third kappa shape index (κ3) is 86.8. The van der Waals surface area contributed by atoms with E-state index in [1.165, 1.54) is 110 Å². The maximum atomic E-state index is 10.1. The zero-order valence-corrected chi connectivity index (χ0v) is 37.0. The number of hydrogen-bond acceptors (Lipinski definition) is 5. The monoisotopic (exact) mass is 1110 g/mol. The van der Waals surface area contributed by atoms with Crippen molar-refractivity contribution in [1.82, 2.24) is 0 Å². The van der Waals surface area contributed by atoms with Gasteiger partial charge in [-0.25, -0.2) is 8.42 Å². The van der Waals surface area contributed by atoms with E-state index in [1.54, 1.807) is 20.8 Å². The van der Waals surface area contributed by atoms with E-state index in [0.717, 1.165) is 25.7 Å². The maximum absolute atomic E-state index is 10.1. The minimum absolute atomic E-state index is 0. The summed E-state index contributed by atoms with van der Waals surface area (Å²) in [5, 5.41) is 13.1. The second-order valence-corrected chi connectivity index (χ2v) is 13.1. The molecule has 0 bridgehead atoms. The van der Waals surface area contributed by atoms with Crippen LogP contribution in [-0.4, -0.2) is 69.9 Å². The fourth-order valence-electron chi connectivity index (χ4n) is 3.81. The summed E-state index contributed by atoms with van der Waals surface area (Å²) in [6.07, 6.45) is 21.6. The standard InChI is InChI=1S/C14H32N4.C12H26O4S.C5H10O2.CH4.CH3.4H2N.2Pt/c15-9-5-1-3-7-11-17-13-14-18-12-8-4-2-6-10-16;1-2-3-4-5-6-7-8-9-10-11-12-16-17(13,14)15;1-5(2,3)4(6)7;;;;;;;;/h15-18H,1-14H2;2-12H2,1H3,(H,13,14,15);1-3H3,(H,6,7);1H4;1H3;4*1H2;;/q-2;;;;5*-1;;+4/p+1. The summed E-state index contributed by atoms with van der Waals surface area (Å²) in [4.78, 5) is 10.0. The van der Waals surface area contributed by atoms with E-state index < -0.39 is 21.8 Å². The number of nitrogens with two attached hydrogens (primary N) is 6. The zero-order valence-electron chi connectivity index (χ0n) is 31.7. The van der Waals surface area contributed by atoms with Crippen LogP contribution in [0.1, 0.15) is 151 Å². The number of aliphatic carboxylic acids is 1. The largest absolute Gasteiger partial charge is 4.00 e. The van der Waals surface area contributed by atoms with Crippen LogP contribution in [0.15, 0.2) is 0 Å². The summed E-state index contributed by atoms with van der Waals surface area (Å²) >= 11 is 0. The first-order chi connectivity index (χ1) is 19.9. The quantitative estimate of drug-likeness (QED) is 0.0311. The molecule has 0 rings (SSSR count). The van der Waals surface area contributed by atoms with Crippen LogP contribution in [0.3, 0.4) is 0 Å². The molecule has 0 aliphatic heterocycles. The molecule has 15 N–H and O–H groups in total. The van der Waals surface area contributed by atoms with Crippen molar-refractivity contribution < 1.29 is 79.8 Å². The van der Waals surface area contributed by atoms with Gasteiger partial charge in [-0.05, 0) is 52.9 Å². The molecule has 0 aliphatic carbocycles. The van der Waals surface area contributed by atoms with Gasteiger partial charge >= 0.3 is 27.0 Å².